The molecule has 2 heterocycles. The molecule has 2 amide bonds. The molecule has 0 spiro atoms. The first-order chi connectivity index (χ1) is 12.1. The van der Waals surface area contributed by atoms with Crippen molar-refractivity contribution in [3.05, 3.63) is 53.3 Å². The lowest BCUT2D eigenvalue weighted by atomic mass is 10.2. The van der Waals surface area contributed by atoms with E-state index in [0.29, 0.717) is 25.2 Å². The third-order valence-electron chi connectivity index (χ3n) is 3.86. The van der Waals surface area contributed by atoms with E-state index in [1.807, 2.05) is 42.1 Å². The van der Waals surface area contributed by atoms with Gasteiger partial charge in [-0.3, -0.25) is 9.25 Å². The minimum Gasteiger partial charge on any atom is -0.408 e. The number of benzene rings is 1. The van der Waals surface area contributed by atoms with Gasteiger partial charge in [0.2, 0.25) is 0 Å². The van der Waals surface area contributed by atoms with E-state index < -0.39 is 5.76 Å². The Labute approximate surface area is 144 Å². The number of nitrogens with zero attached hydrogens (tertiary/aromatic N) is 3. The molecule has 0 aliphatic rings. The molecule has 0 aliphatic carbocycles. The van der Waals surface area contributed by atoms with Gasteiger partial charge in [0.05, 0.1) is 5.52 Å². The number of rotatable bonds is 7. The Morgan fingerprint density at radius 1 is 1.28 bits per heavy atom. The molecule has 0 saturated carbocycles. The number of aromatic nitrogens is 3. The lowest BCUT2D eigenvalue weighted by molar-refractivity contribution is 0.238. The molecule has 8 heteroatoms. The molecule has 0 aliphatic heterocycles. The maximum atomic E-state index is 11.9. The predicted octanol–water partition coefficient (Wildman–Crippen LogP) is 1.43. The smallest absolute Gasteiger partial charge is 0.408 e. The summed E-state index contributed by atoms with van der Waals surface area (Å²) in [6, 6.07) is 8.83. The van der Waals surface area contributed by atoms with E-state index in [2.05, 4.69) is 15.7 Å². The third kappa shape index (κ3) is 4.28. The van der Waals surface area contributed by atoms with E-state index in [1.54, 1.807) is 12.3 Å². The number of hydrogen-bond acceptors (Lipinski definition) is 4. The Morgan fingerprint density at radius 3 is 2.92 bits per heavy atom. The van der Waals surface area contributed by atoms with Gasteiger partial charge in [-0.25, -0.2) is 9.59 Å². The fourth-order valence-electron chi connectivity index (χ4n) is 2.63. The van der Waals surface area contributed by atoms with E-state index in [1.165, 1.54) is 4.57 Å². The fourth-order valence-corrected chi connectivity index (χ4v) is 2.63. The highest BCUT2D eigenvalue weighted by molar-refractivity contribution is 5.74. The van der Waals surface area contributed by atoms with Crippen LogP contribution in [0.5, 0.6) is 0 Å². The SMILES string of the molecule is C[C@@H](CNC(=O)NCCn1c(=O)oc2ccccc21)Cn1cccn1. The van der Waals surface area contributed by atoms with Crippen LogP contribution < -0.4 is 16.4 Å². The first kappa shape index (κ1) is 16.8. The quantitative estimate of drug-likeness (QED) is 0.678. The molecule has 0 fully saturated rings. The van der Waals surface area contributed by atoms with Gasteiger partial charge in [0.15, 0.2) is 5.58 Å². The zero-order valence-corrected chi connectivity index (χ0v) is 14.0. The van der Waals surface area contributed by atoms with Crippen molar-refractivity contribution in [1.82, 2.24) is 25.0 Å². The van der Waals surface area contributed by atoms with Gasteiger partial charge in [-0.15, -0.1) is 0 Å². The van der Waals surface area contributed by atoms with Gasteiger partial charge in [-0.2, -0.15) is 5.10 Å². The van der Waals surface area contributed by atoms with Crippen LogP contribution in [-0.2, 0) is 13.1 Å². The number of amides is 2. The van der Waals surface area contributed by atoms with Crippen molar-refractivity contribution >= 4 is 17.1 Å². The van der Waals surface area contributed by atoms with E-state index in [0.717, 1.165) is 12.1 Å². The lowest BCUT2D eigenvalue weighted by Crippen LogP contribution is -2.40. The first-order valence-corrected chi connectivity index (χ1v) is 8.21. The molecule has 25 heavy (non-hydrogen) atoms. The summed E-state index contributed by atoms with van der Waals surface area (Å²) in [5, 5.41) is 9.72. The van der Waals surface area contributed by atoms with E-state index in [9.17, 15) is 9.59 Å². The van der Waals surface area contributed by atoms with Crippen LogP contribution in [0.1, 0.15) is 6.92 Å². The molecule has 3 aromatic rings. The molecule has 3 rings (SSSR count). The maximum absolute atomic E-state index is 11.9. The standard InChI is InChI=1S/C17H21N5O3/c1-13(12-21-9-4-7-20-21)11-19-16(23)18-8-10-22-14-5-2-3-6-15(14)25-17(22)24/h2-7,9,13H,8,10-12H2,1H3,(H2,18,19,23)/t13-/m0/s1. The van der Waals surface area contributed by atoms with Gasteiger partial charge in [-0.1, -0.05) is 19.1 Å². The van der Waals surface area contributed by atoms with Crippen LogP contribution in [-0.4, -0.2) is 33.5 Å². The zero-order chi connectivity index (χ0) is 17.6. The van der Waals surface area contributed by atoms with Crippen molar-refractivity contribution in [3.8, 4) is 0 Å². The van der Waals surface area contributed by atoms with Gasteiger partial charge >= 0.3 is 11.8 Å². The molecule has 0 bridgehead atoms. The van der Waals surface area contributed by atoms with Crippen molar-refractivity contribution in [1.29, 1.82) is 0 Å². The molecule has 2 N–H and O–H groups in total. The fraction of sp³-hybridized carbons (Fsp3) is 0.353. The summed E-state index contributed by atoms with van der Waals surface area (Å²) in [5.41, 5.74) is 1.27. The van der Waals surface area contributed by atoms with Crippen LogP contribution in [0, 0.1) is 5.92 Å². The predicted molar refractivity (Wildman–Crippen MR) is 93.3 cm³/mol. The summed E-state index contributed by atoms with van der Waals surface area (Å²) in [6.07, 6.45) is 3.62. The summed E-state index contributed by atoms with van der Waals surface area (Å²) in [6.45, 7) is 4.01. The number of carbonyl (C=O) groups excluding carboxylic acids is 1. The second-order valence-electron chi connectivity index (χ2n) is 5.96. The van der Waals surface area contributed by atoms with E-state index in [4.69, 9.17) is 4.42 Å². The van der Waals surface area contributed by atoms with Crippen LogP contribution in [0.15, 0.2) is 51.9 Å². The minimum absolute atomic E-state index is 0.256. The number of carbonyl (C=O) groups is 1. The van der Waals surface area contributed by atoms with Gasteiger partial charge in [0, 0.05) is 38.6 Å². The van der Waals surface area contributed by atoms with Gasteiger partial charge in [0.25, 0.3) is 0 Å². The van der Waals surface area contributed by atoms with Crippen LogP contribution in [0.25, 0.3) is 11.1 Å². The average molecular weight is 343 g/mol. The van der Waals surface area contributed by atoms with Crippen LogP contribution in [0.2, 0.25) is 0 Å². The normalized spacial score (nSPS) is 12.2. The molecule has 1 aromatic carbocycles. The number of para-hydroxylation sites is 2. The Kier molecular flexibility index (Phi) is 5.17. The largest absolute Gasteiger partial charge is 0.420 e. The van der Waals surface area contributed by atoms with Gasteiger partial charge in [0.1, 0.15) is 0 Å². The highest BCUT2D eigenvalue weighted by Crippen LogP contribution is 2.10. The first-order valence-electron chi connectivity index (χ1n) is 8.21. The van der Waals surface area contributed by atoms with Crippen molar-refractivity contribution in [2.24, 2.45) is 5.92 Å². The summed E-state index contributed by atoms with van der Waals surface area (Å²) >= 11 is 0. The monoisotopic (exact) mass is 343 g/mol. The Hall–Kier alpha value is -3.03. The molecule has 0 saturated heterocycles. The van der Waals surface area contributed by atoms with E-state index >= 15 is 0 Å². The highest BCUT2D eigenvalue weighted by Gasteiger charge is 2.09. The summed E-state index contributed by atoms with van der Waals surface area (Å²) in [5.74, 6) is -0.165. The van der Waals surface area contributed by atoms with Gasteiger partial charge < -0.3 is 15.1 Å². The van der Waals surface area contributed by atoms with Gasteiger partial charge in [-0.05, 0) is 24.1 Å². The lowest BCUT2D eigenvalue weighted by Gasteiger charge is -2.13. The van der Waals surface area contributed by atoms with Crippen molar-refractivity contribution in [2.45, 2.75) is 20.0 Å². The topological polar surface area (TPSA) is 94.1 Å². The number of hydrogen-bond donors (Lipinski definition) is 2. The van der Waals surface area contributed by atoms with E-state index in [-0.39, 0.29) is 11.9 Å². The molecule has 2 aromatic heterocycles. The number of urea groups is 1. The zero-order valence-electron chi connectivity index (χ0n) is 14.0. The highest BCUT2D eigenvalue weighted by atomic mass is 16.4. The molecule has 0 radical (unpaired) electrons. The van der Waals surface area contributed by atoms with Crippen molar-refractivity contribution in [3.63, 3.8) is 0 Å². The number of fused-ring (bicyclic) bond motifs is 1. The Bertz CT molecular complexity index is 881. The number of nitrogens with one attached hydrogen (secondary N) is 2. The van der Waals surface area contributed by atoms with Crippen LogP contribution in [0.4, 0.5) is 4.79 Å². The van der Waals surface area contributed by atoms with Crippen LogP contribution >= 0.6 is 0 Å². The maximum Gasteiger partial charge on any atom is 0.420 e. The van der Waals surface area contributed by atoms with Crippen molar-refractivity contribution < 1.29 is 9.21 Å². The third-order valence-corrected chi connectivity index (χ3v) is 3.86. The summed E-state index contributed by atoms with van der Waals surface area (Å²) in [4.78, 5) is 23.7. The molecule has 0 unspecified atom stereocenters. The molecule has 8 nitrogen and oxygen atoms in total. The Morgan fingerprint density at radius 2 is 2.12 bits per heavy atom. The number of oxazole rings is 1. The van der Waals surface area contributed by atoms with Crippen LogP contribution in [0.3, 0.4) is 0 Å². The molecular formula is C17H21N5O3. The second kappa shape index (κ2) is 7.69. The Balaban J connectivity index is 1.43. The molecular weight excluding hydrogens is 322 g/mol. The van der Waals surface area contributed by atoms with Crippen molar-refractivity contribution in [2.75, 3.05) is 13.1 Å². The minimum atomic E-state index is -0.420. The average Bonchev–Trinajstić information content (AvgIpc) is 3.21. The molecule has 132 valence electrons. The summed E-state index contributed by atoms with van der Waals surface area (Å²) in [7, 11) is 0. The second-order valence-corrected chi connectivity index (χ2v) is 5.96. The summed E-state index contributed by atoms with van der Waals surface area (Å²) < 4.78 is 8.50. The molecule has 1 atom stereocenters.